The van der Waals surface area contributed by atoms with Crippen molar-refractivity contribution in [2.24, 2.45) is 0 Å². The summed E-state index contributed by atoms with van der Waals surface area (Å²) in [6, 6.07) is 32.4. The van der Waals surface area contributed by atoms with Gasteiger partial charge in [0.2, 0.25) is 5.95 Å². The zero-order valence-corrected chi connectivity index (χ0v) is 22.0. The third-order valence-electron chi connectivity index (χ3n) is 7.56. The lowest BCUT2D eigenvalue weighted by atomic mass is 9.98. The van der Waals surface area contributed by atoms with Gasteiger partial charge in [0, 0.05) is 42.1 Å². The highest BCUT2D eigenvalue weighted by atomic mass is 16.1. The van der Waals surface area contributed by atoms with Crippen LogP contribution in [-0.4, -0.2) is 27.6 Å². The normalized spacial score (nSPS) is 14.3. The first kappa shape index (κ1) is 24.9. The van der Waals surface area contributed by atoms with Gasteiger partial charge in [0.25, 0.3) is 5.56 Å². The number of nitrogens with zero attached hydrogens (tertiary/aromatic N) is 4. The second-order valence-electron chi connectivity index (χ2n) is 10.2. The van der Waals surface area contributed by atoms with Gasteiger partial charge in [-0.25, -0.2) is 4.98 Å². The van der Waals surface area contributed by atoms with Crippen LogP contribution in [0.3, 0.4) is 0 Å². The van der Waals surface area contributed by atoms with Gasteiger partial charge in [0.15, 0.2) is 0 Å². The zero-order chi connectivity index (χ0) is 26.4. The summed E-state index contributed by atoms with van der Waals surface area (Å²) in [6.07, 6.45) is 7.24. The molecule has 1 atom stereocenters. The number of pyridine rings is 1. The second-order valence-corrected chi connectivity index (χ2v) is 10.2. The van der Waals surface area contributed by atoms with E-state index in [1.165, 1.54) is 30.5 Å². The quantitative estimate of drug-likeness (QED) is 0.248. The van der Waals surface area contributed by atoms with Crippen LogP contribution in [0.25, 0.3) is 11.0 Å². The van der Waals surface area contributed by atoms with E-state index in [2.05, 4.69) is 75.9 Å². The maximum atomic E-state index is 13.4. The fourth-order valence-electron chi connectivity index (χ4n) is 5.50. The van der Waals surface area contributed by atoms with E-state index in [9.17, 15) is 4.79 Å². The number of aryl methyl sites for hydroxylation is 1. The second kappa shape index (κ2) is 11.5. The summed E-state index contributed by atoms with van der Waals surface area (Å²) in [5.41, 5.74) is 5.06. The molecule has 2 aromatic heterocycles. The molecule has 5 aromatic rings. The largest absolute Gasteiger partial charge is 0.372 e. The van der Waals surface area contributed by atoms with E-state index in [1.54, 1.807) is 12.3 Å². The molecule has 6 rings (SSSR count). The zero-order valence-electron chi connectivity index (χ0n) is 22.0. The SMILES string of the molecule is O=c1ccc2cnc(Nc3ccc(N4CCCCC4)cc3)nc2n1C(CCc1ccccc1)c1ccccc1. The third-order valence-corrected chi connectivity index (χ3v) is 7.56. The van der Waals surface area contributed by atoms with Gasteiger partial charge in [-0.15, -0.1) is 0 Å². The first-order valence-electron chi connectivity index (χ1n) is 13.8. The number of anilines is 3. The molecule has 196 valence electrons. The maximum Gasteiger partial charge on any atom is 0.252 e. The van der Waals surface area contributed by atoms with Crippen LogP contribution in [0.4, 0.5) is 17.3 Å². The van der Waals surface area contributed by atoms with Crippen LogP contribution in [0.1, 0.15) is 42.9 Å². The van der Waals surface area contributed by atoms with Gasteiger partial charge >= 0.3 is 0 Å². The standard InChI is InChI=1S/C33H33N5O/c39-31-21-15-27-24-34-33(35-28-16-18-29(19-17-28)37-22-8-3-9-23-37)36-32(27)38(31)30(26-12-6-2-7-13-26)20-14-25-10-4-1-5-11-25/h1-2,4-7,10-13,15-19,21,24,30H,3,8-9,14,20,22-23H2,(H,34,35,36). The number of rotatable bonds is 8. The van der Waals surface area contributed by atoms with Crippen molar-refractivity contribution in [3.05, 3.63) is 125 Å². The summed E-state index contributed by atoms with van der Waals surface area (Å²) in [6.45, 7) is 2.23. The van der Waals surface area contributed by atoms with Gasteiger partial charge in [-0.05, 0) is 73.6 Å². The Balaban J connectivity index is 1.33. The molecule has 1 fully saturated rings. The average molecular weight is 516 g/mol. The van der Waals surface area contributed by atoms with Gasteiger partial charge in [0.05, 0.1) is 6.04 Å². The summed E-state index contributed by atoms with van der Waals surface area (Å²) in [7, 11) is 0. The van der Waals surface area contributed by atoms with Crippen molar-refractivity contribution in [1.29, 1.82) is 0 Å². The Morgan fingerprint density at radius 1 is 0.795 bits per heavy atom. The van der Waals surface area contributed by atoms with E-state index < -0.39 is 0 Å². The number of piperidine rings is 1. The summed E-state index contributed by atoms with van der Waals surface area (Å²) >= 11 is 0. The molecule has 1 unspecified atom stereocenters. The van der Waals surface area contributed by atoms with E-state index in [0.717, 1.165) is 42.6 Å². The van der Waals surface area contributed by atoms with E-state index in [0.29, 0.717) is 11.6 Å². The minimum Gasteiger partial charge on any atom is -0.372 e. The van der Waals surface area contributed by atoms with Crippen LogP contribution in [0, 0.1) is 0 Å². The lowest BCUT2D eigenvalue weighted by Gasteiger charge is -2.28. The predicted molar refractivity (Wildman–Crippen MR) is 159 cm³/mol. The molecule has 0 amide bonds. The molecule has 1 N–H and O–H groups in total. The van der Waals surface area contributed by atoms with Crippen LogP contribution in [-0.2, 0) is 6.42 Å². The number of hydrogen-bond donors (Lipinski definition) is 1. The summed E-state index contributed by atoms with van der Waals surface area (Å²) in [5.74, 6) is 0.474. The van der Waals surface area contributed by atoms with Crippen LogP contribution in [0.15, 0.2) is 108 Å². The van der Waals surface area contributed by atoms with Crippen LogP contribution in [0.5, 0.6) is 0 Å². The van der Waals surface area contributed by atoms with Crippen molar-refractivity contribution in [3.8, 4) is 0 Å². The maximum absolute atomic E-state index is 13.4. The van der Waals surface area contributed by atoms with Gasteiger partial charge in [-0.1, -0.05) is 60.7 Å². The molecular weight excluding hydrogens is 482 g/mol. The minimum atomic E-state index is -0.158. The average Bonchev–Trinajstić information content (AvgIpc) is 3.00. The Morgan fingerprint density at radius 3 is 2.26 bits per heavy atom. The number of hydrogen-bond acceptors (Lipinski definition) is 5. The molecule has 0 saturated carbocycles. The van der Waals surface area contributed by atoms with Crippen LogP contribution in [0.2, 0.25) is 0 Å². The topological polar surface area (TPSA) is 63.1 Å². The van der Waals surface area contributed by atoms with E-state index in [1.807, 2.05) is 34.9 Å². The van der Waals surface area contributed by atoms with E-state index in [4.69, 9.17) is 4.98 Å². The Kier molecular flexibility index (Phi) is 7.34. The molecule has 39 heavy (non-hydrogen) atoms. The number of fused-ring (bicyclic) bond motifs is 1. The molecule has 0 radical (unpaired) electrons. The summed E-state index contributed by atoms with van der Waals surface area (Å²) < 4.78 is 1.83. The lowest BCUT2D eigenvalue weighted by molar-refractivity contribution is 0.537. The molecule has 6 heteroatoms. The molecular formula is C33H33N5O. The number of nitrogens with one attached hydrogen (secondary N) is 1. The fourth-order valence-corrected chi connectivity index (χ4v) is 5.50. The highest BCUT2D eigenvalue weighted by Gasteiger charge is 2.19. The van der Waals surface area contributed by atoms with E-state index in [-0.39, 0.29) is 11.6 Å². The molecule has 6 nitrogen and oxygen atoms in total. The minimum absolute atomic E-state index is 0.0695. The third kappa shape index (κ3) is 5.70. The smallest absolute Gasteiger partial charge is 0.252 e. The fraction of sp³-hybridized carbons (Fsp3) is 0.242. The van der Waals surface area contributed by atoms with E-state index >= 15 is 0 Å². The molecule has 3 aromatic carbocycles. The van der Waals surface area contributed by atoms with Crippen molar-refractivity contribution in [3.63, 3.8) is 0 Å². The molecule has 0 spiro atoms. The number of benzene rings is 3. The predicted octanol–water partition coefficient (Wildman–Crippen LogP) is 6.75. The Bertz CT molecular complexity index is 1580. The van der Waals surface area contributed by atoms with Gasteiger partial charge in [-0.2, -0.15) is 4.98 Å². The molecule has 1 aliphatic heterocycles. The first-order chi connectivity index (χ1) is 19.2. The molecule has 3 heterocycles. The highest BCUT2D eigenvalue weighted by molar-refractivity contribution is 5.76. The Morgan fingerprint density at radius 2 is 1.51 bits per heavy atom. The van der Waals surface area contributed by atoms with Crippen molar-refractivity contribution in [2.75, 3.05) is 23.3 Å². The first-order valence-corrected chi connectivity index (χ1v) is 13.8. The molecule has 1 aliphatic rings. The van der Waals surface area contributed by atoms with Crippen LogP contribution >= 0.6 is 0 Å². The highest BCUT2D eigenvalue weighted by Crippen LogP contribution is 2.27. The summed E-state index contributed by atoms with van der Waals surface area (Å²) in [4.78, 5) is 25.3. The monoisotopic (exact) mass is 515 g/mol. The molecule has 0 bridgehead atoms. The molecule has 1 saturated heterocycles. The molecule has 0 aliphatic carbocycles. The van der Waals surface area contributed by atoms with Crippen molar-refractivity contribution in [1.82, 2.24) is 14.5 Å². The van der Waals surface area contributed by atoms with Crippen molar-refractivity contribution < 1.29 is 0 Å². The summed E-state index contributed by atoms with van der Waals surface area (Å²) in [5, 5.41) is 4.19. The van der Waals surface area contributed by atoms with Gasteiger partial charge < -0.3 is 10.2 Å². The van der Waals surface area contributed by atoms with Crippen molar-refractivity contribution >= 4 is 28.4 Å². The van der Waals surface area contributed by atoms with Crippen LogP contribution < -0.4 is 15.8 Å². The lowest BCUT2D eigenvalue weighted by Crippen LogP contribution is -2.29. The van der Waals surface area contributed by atoms with Gasteiger partial charge in [-0.3, -0.25) is 9.36 Å². The number of aromatic nitrogens is 3. The Labute approximate surface area is 229 Å². The van der Waals surface area contributed by atoms with Gasteiger partial charge in [0.1, 0.15) is 5.65 Å². The Hall–Kier alpha value is -4.45. The van der Waals surface area contributed by atoms with Crippen molar-refractivity contribution in [2.45, 2.75) is 38.1 Å².